The molecule has 0 spiro atoms. The summed E-state index contributed by atoms with van der Waals surface area (Å²) in [7, 11) is 0. The zero-order valence-electron chi connectivity index (χ0n) is 17.6. The normalized spacial score (nSPS) is 20.3. The van der Waals surface area contributed by atoms with E-state index in [0.717, 1.165) is 32.2 Å². The van der Waals surface area contributed by atoms with Crippen LogP contribution in [0.5, 0.6) is 0 Å². The van der Waals surface area contributed by atoms with Gasteiger partial charge in [0.1, 0.15) is 11.5 Å². The number of hydrogen-bond donors (Lipinski definition) is 3. The minimum absolute atomic E-state index is 0.00450. The van der Waals surface area contributed by atoms with E-state index >= 15 is 0 Å². The SMILES string of the molecule is CC[C@@H]1CCCCN1c1nc2c(c(=O)[nH]1)[C@@H](C(=O)Nc1ccccc1[N+](=O)[O-])CC(=O)N2. The Hall–Kier alpha value is -3.76. The van der Waals surface area contributed by atoms with Gasteiger partial charge < -0.3 is 15.5 Å². The van der Waals surface area contributed by atoms with Gasteiger partial charge in [-0.15, -0.1) is 0 Å². The lowest BCUT2D eigenvalue weighted by atomic mass is 9.92. The van der Waals surface area contributed by atoms with Gasteiger partial charge in [0.2, 0.25) is 17.8 Å². The molecule has 0 radical (unpaired) electrons. The molecule has 3 N–H and O–H groups in total. The highest BCUT2D eigenvalue weighted by Crippen LogP contribution is 2.33. The number of nitrogens with one attached hydrogen (secondary N) is 3. The Morgan fingerprint density at radius 2 is 2.09 bits per heavy atom. The fourth-order valence-corrected chi connectivity index (χ4v) is 4.38. The molecule has 0 bridgehead atoms. The van der Waals surface area contributed by atoms with Crippen LogP contribution in [0, 0.1) is 10.1 Å². The number of carbonyl (C=O) groups is 2. The third kappa shape index (κ3) is 4.05. The molecule has 0 unspecified atom stereocenters. The number of benzene rings is 1. The molecule has 1 saturated heterocycles. The maximum absolute atomic E-state index is 13.0. The van der Waals surface area contributed by atoms with Gasteiger partial charge in [0.15, 0.2) is 0 Å². The fraction of sp³-hybridized carbons (Fsp3) is 0.429. The fourth-order valence-electron chi connectivity index (χ4n) is 4.38. The van der Waals surface area contributed by atoms with E-state index in [1.807, 2.05) is 4.90 Å². The maximum Gasteiger partial charge on any atom is 0.292 e. The predicted octanol–water partition coefficient (Wildman–Crippen LogP) is 2.51. The molecule has 0 aliphatic carbocycles. The van der Waals surface area contributed by atoms with Crippen LogP contribution in [0.2, 0.25) is 0 Å². The van der Waals surface area contributed by atoms with Crippen LogP contribution in [-0.4, -0.2) is 39.3 Å². The molecule has 2 atom stereocenters. The minimum atomic E-state index is -1.12. The van der Waals surface area contributed by atoms with Crippen molar-refractivity contribution in [2.75, 3.05) is 22.1 Å². The summed E-state index contributed by atoms with van der Waals surface area (Å²) >= 11 is 0. The van der Waals surface area contributed by atoms with Gasteiger partial charge in [-0.1, -0.05) is 19.1 Å². The molecule has 0 saturated carbocycles. The number of aromatic nitrogens is 2. The van der Waals surface area contributed by atoms with Crippen molar-refractivity contribution in [1.29, 1.82) is 0 Å². The van der Waals surface area contributed by atoms with Crippen molar-refractivity contribution in [3.8, 4) is 0 Å². The van der Waals surface area contributed by atoms with Gasteiger partial charge >= 0.3 is 0 Å². The number of amides is 2. The number of hydrogen-bond acceptors (Lipinski definition) is 7. The molecule has 2 aliphatic heterocycles. The second kappa shape index (κ2) is 8.77. The van der Waals surface area contributed by atoms with Crippen LogP contribution in [0.25, 0.3) is 0 Å². The largest absolute Gasteiger partial charge is 0.339 e. The number of carbonyl (C=O) groups excluding carboxylic acids is 2. The first-order chi connectivity index (χ1) is 15.4. The lowest BCUT2D eigenvalue weighted by molar-refractivity contribution is -0.383. The van der Waals surface area contributed by atoms with Crippen molar-refractivity contribution in [3.05, 3.63) is 50.3 Å². The summed E-state index contributed by atoms with van der Waals surface area (Å²) in [5.41, 5.74) is -0.739. The number of fused-ring (bicyclic) bond motifs is 1. The van der Waals surface area contributed by atoms with Crippen molar-refractivity contribution < 1.29 is 14.5 Å². The van der Waals surface area contributed by atoms with Crippen molar-refractivity contribution in [1.82, 2.24) is 9.97 Å². The summed E-state index contributed by atoms with van der Waals surface area (Å²) < 4.78 is 0. The number of aromatic amines is 1. The lowest BCUT2D eigenvalue weighted by Gasteiger charge is -2.36. The first-order valence-corrected chi connectivity index (χ1v) is 10.6. The standard InChI is InChI=1S/C21H24N6O5/c1-2-12-7-5-6-10-26(12)21-24-18-17(20(30)25-21)13(11-16(28)23-18)19(29)22-14-8-3-4-9-15(14)27(31)32/h3-4,8-9,12-13H,2,5-7,10-11H2,1H3,(H,22,29)(H2,23,24,25,28,30)/t12-,13+/m1/s1. The molecule has 32 heavy (non-hydrogen) atoms. The zero-order chi connectivity index (χ0) is 22.8. The molecular formula is C21H24N6O5. The van der Waals surface area contributed by atoms with Crippen LogP contribution in [0.3, 0.4) is 0 Å². The van der Waals surface area contributed by atoms with Crippen LogP contribution >= 0.6 is 0 Å². The number of para-hydroxylation sites is 2. The Morgan fingerprint density at radius 3 is 2.84 bits per heavy atom. The summed E-state index contributed by atoms with van der Waals surface area (Å²) in [5, 5.41) is 16.3. The molecule has 2 aliphatic rings. The van der Waals surface area contributed by atoms with Gasteiger partial charge in [-0.05, 0) is 31.7 Å². The highest BCUT2D eigenvalue weighted by molar-refractivity contribution is 6.05. The highest BCUT2D eigenvalue weighted by Gasteiger charge is 2.36. The average Bonchev–Trinajstić information content (AvgIpc) is 2.78. The zero-order valence-corrected chi connectivity index (χ0v) is 17.6. The van der Waals surface area contributed by atoms with Crippen molar-refractivity contribution >= 4 is 35.0 Å². The van der Waals surface area contributed by atoms with Crippen LogP contribution in [0.4, 0.5) is 23.1 Å². The van der Waals surface area contributed by atoms with E-state index in [9.17, 15) is 24.5 Å². The van der Waals surface area contributed by atoms with Crippen molar-refractivity contribution in [2.24, 2.45) is 0 Å². The topological polar surface area (TPSA) is 150 Å². The van der Waals surface area contributed by atoms with Crippen LogP contribution in [0.15, 0.2) is 29.1 Å². The molecule has 11 nitrogen and oxygen atoms in total. The van der Waals surface area contributed by atoms with Crippen LogP contribution in [-0.2, 0) is 9.59 Å². The molecule has 1 fully saturated rings. The van der Waals surface area contributed by atoms with Gasteiger partial charge in [0.05, 0.1) is 16.4 Å². The monoisotopic (exact) mass is 440 g/mol. The van der Waals surface area contributed by atoms with Gasteiger partial charge in [-0.25, -0.2) is 0 Å². The summed E-state index contributed by atoms with van der Waals surface area (Å²) in [6.07, 6.45) is 3.71. The molecule has 2 aromatic rings. The van der Waals surface area contributed by atoms with E-state index in [-0.39, 0.29) is 35.2 Å². The summed E-state index contributed by atoms with van der Waals surface area (Å²) in [5.74, 6) is -1.81. The second-order valence-corrected chi connectivity index (χ2v) is 7.97. The molecule has 1 aromatic carbocycles. The van der Waals surface area contributed by atoms with Crippen molar-refractivity contribution in [2.45, 2.75) is 51.0 Å². The number of H-pyrrole nitrogens is 1. The van der Waals surface area contributed by atoms with Crippen molar-refractivity contribution in [3.63, 3.8) is 0 Å². The Labute approximate surface area is 183 Å². The number of nitrogens with zero attached hydrogens (tertiary/aromatic N) is 3. The van der Waals surface area contributed by atoms with E-state index in [1.165, 1.54) is 18.2 Å². The third-order valence-corrected chi connectivity index (χ3v) is 5.98. The Morgan fingerprint density at radius 1 is 1.31 bits per heavy atom. The van der Waals surface area contributed by atoms with Gasteiger partial charge in [-0.2, -0.15) is 4.98 Å². The molecule has 1 aromatic heterocycles. The van der Waals surface area contributed by atoms with Gasteiger partial charge in [-0.3, -0.25) is 29.5 Å². The van der Waals surface area contributed by atoms with E-state index in [0.29, 0.717) is 5.95 Å². The molecule has 2 amide bonds. The Kier molecular flexibility index (Phi) is 5.89. The highest BCUT2D eigenvalue weighted by atomic mass is 16.6. The number of rotatable bonds is 5. The van der Waals surface area contributed by atoms with E-state index in [4.69, 9.17) is 0 Å². The quantitative estimate of drug-likeness (QED) is 0.477. The Balaban J connectivity index is 1.68. The van der Waals surface area contributed by atoms with E-state index < -0.39 is 28.2 Å². The third-order valence-electron chi connectivity index (χ3n) is 5.98. The Bertz CT molecular complexity index is 1130. The molecule has 4 rings (SSSR count). The number of piperidine rings is 1. The van der Waals surface area contributed by atoms with Gasteiger partial charge in [0, 0.05) is 25.1 Å². The van der Waals surface area contributed by atoms with Gasteiger partial charge in [0.25, 0.3) is 11.2 Å². The first-order valence-electron chi connectivity index (χ1n) is 10.6. The number of anilines is 3. The molecule has 11 heteroatoms. The lowest BCUT2D eigenvalue weighted by Crippen LogP contribution is -2.43. The molecule has 3 heterocycles. The molecular weight excluding hydrogens is 416 g/mol. The average molecular weight is 440 g/mol. The predicted molar refractivity (Wildman–Crippen MR) is 118 cm³/mol. The second-order valence-electron chi connectivity index (χ2n) is 7.97. The summed E-state index contributed by atoms with van der Waals surface area (Å²) in [6.45, 7) is 2.82. The van der Waals surface area contributed by atoms with Crippen LogP contribution in [0.1, 0.15) is 50.5 Å². The summed E-state index contributed by atoms with van der Waals surface area (Å²) in [4.78, 5) is 58.2. The van der Waals surface area contributed by atoms with Crippen LogP contribution < -0.4 is 21.1 Å². The number of nitro groups is 1. The number of nitro benzene ring substituents is 1. The molecule has 168 valence electrons. The minimum Gasteiger partial charge on any atom is -0.339 e. The van der Waals surface area contributed by atoms with E-state index in [2.05, 4.69) is 27.5 Å². The summed E-state index contributed by atoms with van der Waals surface area (Å²) in [6, 6.07) is 5.93. The van der Waals surface area contributed by atoms with E-state index in [1.54, 1.807) is 6.07 Å². The smallest absolute Gasteiger partial charge is 0.292 e. The maximum atomic E-state index is 13.0. The first kappa shape index (κ1) is 21.5.